The van der Waals surface area contributed by atoms with Crippen molar-refractivity contribution in [2.75, 3.05) is 11.9 Å². The molecule has 26 heavy (non-hydrogen) atoms. The van der Waals surface area contributed by atoms with Gasteiger partial charge in [0.25, 0.3) is 0 Å². The van der Waals surface area contributed by atoms with Crippen LogP contribution in [0.15, 0.2) is 29.6 Å². The number of thiazole rings is 1. The minimum Gasteiger partial charge on any atom is -0.338 e. The van der Waals surface area contributed by atoms with E-state index in [4.69, 9.17) is 0 Å². The molecule has 2 aromatic rings. The van der Waals surface area contributed by atoms with Gasteiger partial charge in [0.05, 0.1) is 12.1 Å². The Kier molecular flexibility index (Phi) is 5.02. The maximum atomic E-state index is 12.6. The molecule has 4 rings (SSSR count). The highest BCUT2D eigenvalue weighted by molar-refractivity contribution is 7.13. The molecule has 1 N–H and O–H groups in total. The quantitative estimate of drug-likeness (QED) is 0.898. The number of nitrogens with one attached hydrogen (secondary N) is 1. The van der Waals surface area contributed by atoms with Crippen molar-refractivity contribution in [2.45, 2.75) is 45.1 Å². The molecular formula is C20H23N3O2S. The Morgan fingerprint density at radius 3 is 2.77 bits per heavy atom. The molecule has 0 radical (unpaired) electrons. The summed E-state index contributed by atoms with van der Waals surface area (Å²) in [5, 5.41) is 5.39. The summed E-state index contributed by atoms with van der Waals surface area (Å²) in [6, 6.07) is 8.30. The molecule has 1 saturated carbocycles. The summed E-state index contributed by atoms with van der Waals surface area (Å²) >= 11 is 1.40. The van der Waals surface area contributed by atoms with Gasteiger partial charge < -0.3 is 10.2 Å². The largest absolute Gasteiger partial charge is 0.338 e. The Bertz CT molecular complexity index is 811. The lowest BCUT2D eigenvalue weighted by Crippen LogP contribution is -2.36. The average molecular weight is 369 g/mol. The van der Waals surface area contributed by atoms with Crippen LogP contribution >= 0.6 is 11.3 Å². The third-order valence-corrected chi connectivity index (χ3v) is 6.13. The van der Waals surface area contributed by atoms with E-state index >= 15 is 0 Å². The first-order valence-electron chi connectivity index (χ1n) is 9.29. The van der Waals surface area contributed by atoms with Crippen LogP contribution in [0.3, 0.4) is 0 Å². The smallest absolute Gasteiger partial charge is 0.229 e. The fraction of sp³-hybridized carbons (Fsp3) is 0.450. The van der Waals surface area contributed by atoms with Crippen molar-refractivity contribution < 1.29 is 9.59 Å². The van der Waals surface area contributed by atoms with E-state index in [2.05, 4.69) is 22.4 Å². The number of anilines is 1. The van der Waals surface area contributed by atoms with E-state index in [-0.39, 0.29) is 24.2 Å². The highest BCUT2D eigenvalue weighted by Gasteiger charge is 2.24. The SMILES string of the molecule is O=C(Nc1nc(CC(=O)N2CCc3ccccc3C2)cs1)C1CCCC1. The molecule has 136 valence electrons. The van der Waals surface area contributed by atoms with Crippen LogP contribution in [0.5, 0.6) is 0 Å². The summed E-state index contributed by atoms with van der Waals surface area (Å²) in [7, 11) is 0. The third-order valence-electron chi connectivity index (χ3n) is 5.32. The Hall–Kier alpha value is -2.21. The zero-order valence-corrected chi connectivity index (χ0v) is 15.6. The predicted molar refractivity (Wildman–Crippen MR) is 102 cm³/mol. The van der Waals surface area contributed by atoms with Gasteiger partial charge in [0.2, 0.25) is 11.8 Å². The van der Waals surface area contributed by atoms with Gasteiger partial charge in [-0.3, -0.25) is 9.59 Å². The van der Waals surface area contributed by atoms with Gasteiger partial charge in [0.1, 0.15) is 0 Å². The number of hydrogen-bond donors (Lipinski definition) is 1. The standard InChI is InChI=1S/C20H23N3O2S/c24-18(23-10-9-14-5-1-4-8-16(14)12-23)11-17-13-26-20(21-17)22-19(25)15-6-2-3-7-15/h1,4-5,8,13,15H,2-3,6-7,9-12H2,(H,21,22,25). The molecule has 0 saturated heterocycles. The highest BCUT2D eigenvalue weighted by atomic mass is 32.1. The minimum absolute atomic E-state index is 0.0716. The van der Waals surface area contributed by atoms with Crippen molar-refractivity contribution in [1.82, 2.24) is 9.88 Å². The number of carbonyl (C=O) groups excluding carboxylic acids is 2. The lowest BCUT2D eigenvalue weighted by molar-refractivity contribution is -0.131. The number of hydrogen-bond acceptors (Lipinski definition) is 4. The second-order valence-electron chi connectivity index (χ2n) is 7.13. The van der Waals surface area contributed by atoms with E-state index in [1.165, 1.54) is 22.5 Å². The Balaban J connectivity index is 1.34. The maximum Gasteiger partial charge on any atom is 0.229 e. The average Bonchev–Trinajstić information content (AvgIpc) is 3.33. The van der Waals surface area contributed by atoms with Crippen LogP contribution < -0.4 is 5.32 Å². The van der Waals surface area contributed by atoms with E-state index < -0.39 is 0 Å². The van der Waals surface area contributed by atoms with Crippen LogP contribution in [0, 0.1) is 5.92 Å². The van der Waals surface area contributed by atoms with E-state index in [0.29, 0.717) is 11.7 Å². The summed E-state index contributed by atoms with van der Waals surface area (Å²) in [4.78, 5) is 31.2. The molecule has 2 aliphatic rings. The number of nitrogens with zero attached hydrogens (tertiary/aromatic N) is 2. The number of carbonyl (C=O) groups is 2. The Morgan fingerprint density at radius 1 is 1.19 bits per heavy atom. The van der Waals surface area contributed by atoms with Crippen LogP contribution in [-0.4, -0.2) is 28.2 Å². The van der Waals surface area contributed by atoms with E-state index in [0.717, 1.165) is 44.3 Å². The van der Waals surface area contributed by atoms with Gasteiger partial charge in [-0.25, -0.2) is 4.98 Å². The summed E-state index contributed by atoms with van der Waals surface area (Å²) < 4.78 is 0. The van der Waals surface area contributed by atoms with Crippen molar-refractivity contribution in [2.24, 2.45) is 5.92 Å². The van der Waals surface area contributed by atoms with Gasteiger partial charge in [-0.05, 0) is 30.4 Å². The summed E-state index contributed by atoms with van der Waals surface area (Å²) in [5.74, 6) is 0.290. The summed E-state index contributed by atoms with van der Waals surface area (Å²) in [6.07, 6.45) is 5.40. The molecule has 2 heterocycles. The molecule has 0 atom stereocenters. The van der Waals surface area contributed by atoms with Crippen LogP contribution in [0.25, 0.3) is 0 Å². The molecule has 0 spiro atoms. The predicted octanol–water partition coefficient (Wildman–Crippen LogP) is 3.40. The number of aromatic nitrogens is 1. The first kappa shape index (κ1) is 17.2. The molecule has 1 aromatic heterocycles. The molecule has 0 bridgehead atoms. The van der Waals surface area contributed by atoms with Gasteiger partial charge in [-0.1, -0.05) is 37.1 Å². The molecular weight excluding hydrogens is 346 g/mol. The zero-order valence-electron chi connectivity index (χ0n) is 14.7. The lowest BCUT2D eigenvalue weighted by atomic mass is 10.00. The van der Waals surface area contributed by atoms with Crippen molar-refractivity contribution in [3.63, 3.8) is 0 Å². The van der Waals surface area contributed by atoms with Gasteiger partial charge in [0, 0.05) is 24.4 Å². The van der Waals surface area contributed by atoms with Crippen molar-refractivity contribution >= 4 is 28.3 Å². The van der Waals surface area contributed by atoms with Crippen LogP contribution in [0.1, 0.15) is 42.5 Å². The van der Waals surface area contributed by atoms with E-state index in [9.17, 15) is 9.59 Å². The van der Waals surface area contributed by atoms with Gasteiger partial charge >= 0.3 is 0 Å². The third kappa shape index (κ3) is 3.80. The Morgan fingerprint density at radius 2 is 1.96 bits per heavy atom. The molecule has 5 nitrogen and oxygen atoms in total. The van der Waals surface area contributed by atoms with Gasteiger partial charge in [0.15, 0.2) is 5.13 Å². The van der Waals surface area contributed by atoms with Crippen molar-refractivity contribution in [3.05, 3.63) is 46.5 Å². The number of amides is 2. The summed E-state index contributed by atoms with van der Waals surface area (Å²) in [5.41, 5.74) is 3.30. The normalized spacial score (nSPS) is 17.2. The van der Waals surface area contributed by atoms with E-state index in [1.807, 2.05) is 22.4 Å². The zero-order chi connectivity index (χ0) is 17.9. The molecule has 1 aliphatic carbocycles. The molecule has 1 aliphatic heterocycles. The molecule has 0 unspecified atom stereocenters. The van der Waals surface area contributed by atoms with Crippen LogP contribution in [0.2, 0.25) is 0 Å². The fourth-order valence-electron chi connectivity index (χ4n) is 3.82. The first-order valence-corrected chi connectivity index (χ1v) is 10.2. The highest BCUT2D eigenvalue weighted by Crippen LogP contribution is 2.27. The van der Waals surface area contributed by atoms with Crippen LogP contribution in [0.4, 0.5) is 5.13 Å². The lowest BCUT2D eigenvalue weighted by Gasteiger charge is -2.28. The second-order valence-corrected chi connectivity index (χ2v) is 7.98. The van der Waals surface area contributed by atoms with Crippen molar-refractivity contribution in [3.8, 4) is 0 Å². The first-order chi connectivity index (χ1) is 12.7. The molecule has 1 fully saturated rings. The van der Waals surface area contributed by atoms with Crippen LogP contribution in [-0.2, 0) is 29.0 Å². The Labute approximate surface area is 157 Å². The molecule has 6 heteroatoms. The second kappa shape index (κ2) is 7.58. The molecule has 1 aromatic carbocycles. The topological polar surface area (TPSA) is 62.3 Å². The fourth-order valence-corrected chi connectivity index (χ4v) is 4.53. The van der Waals surface area contributed by atoms with Gasteiger partial charge in [-0.15, -0.1) is 11.3 Å². The minimum atomic E-state index is 0.0716. The number of benzene rings is 1. The van der Waals surface area contributed by atoms with Crippen molar-refractivity contribution in [1.29, 1.82) is 0 Å². The van der Waals surface area contributed by atoms with E-state index in [1.54, 1.807) is 0 Å². The summed E-state index contributed by atoms with van der Waals surface area (Å²) in [6.45, 7) is 1.43. The monoisotopic (exact) mass is 369 g/mol. The molecule has 2 amide bonds. The number of fused-ring (bicyclic) bond motifs is 1. The van der Waals surface area contributed by atoms with Gasteiger partial charge in [-0.2, -0.15) is 0 Å². The maximum absolute atomic E-state index is 12.6. The number of rotatable bonds is 4.